The molecule has 1 atom stereocenters. The number of Topliss-reactive ketones (excluding diaryl/α,β-unsaturated/α-hetero) is 1. The number of ketones is 1. The van der Waals surface area contributed by atoms with E-state index in [1.54, 1.807) is 30.3 Å². The van der Waals surface area contributed by atoms with Crippen LogP contribution in [0.5, 0.6) is 0 Å². The molecule has 0 saturated heterocycles. The number of halogens is 3. The number of ether oxygens (including phenoxy) is 1. The maximum absolute atomic E-state index is 12.5. The number of rotatable bonds is 8. The summed E-state index contributed by atoms with van der Waals surface area (Å²) in [5, 5.41) is 9.68. The second-order valence-electron chi connectivity index (χ2n) is 7.11. The number of aromatic amines is 1. The highest BCUT2D eigenvalue weighted by molar-refractivity contribution is 6.05. The van der Waals surface area contributed by atoms with E-state index in [4.69, 9.17) is 4.74 Å². The summed E-state index contributed by atoms with van der Waals surface area (Å²) in [4.78, 5) is 19.8. The standard InChI is InChI=1S/C24H21F3N2O3/c1-14(24(25,26)27)8-9-15(2)32-13-22-28-20-11-10-17(12-21(20)29-22)18-6-4-5-7-19(18)23(31)16(3)30/h4-12,16,30H,1-2,13H2,3H3,(H,28,29)/b9-8-. The minimum Gasteiger partial charge on any atom is -0.486 e. The number of hydrogen-bond acceptors (Lipinski definition) is 4. The number of H-pyrrole nitrogens is 1. The van der Waals surface area contributed by atoms with Gasteiger partial charge in [-0.2, -0.15) is 13.2 Å². The molecule has 1 aromatic heterocycles. The Kier molecular flexibility index (Phi) is 6.64. The third-order valence-electron chi connectivity index (χ3n) is 4.64. The van der Waals surface area contributed by atoms with E-state index >= 15 is 0 Å². The summed E-state index contributed by atoms with van der Waals surface area (Å²) < 4.78 is 42.8. The second kappa shape index (κ2) is 9.23. The van der Waals surface area contributed by atoms with E-state index in [0.717, 1.165) is 17.7 Å². The lowest BCUT2D eigenvalue weighted by Gasteiger charge is -2.10. The number of nitrogens with zero attached hydrogens (tertiary/aromatic N) is 1. The Morgan fingerprint density at radius 1 is 1.22 bits per heavy atom. The van der Waals surface area contributed by atoms with E-state index in [2.05, 4.69) is 23.1 Å². The second-order valence-corrected chi connectivity index (χ2v) is 7.11. The molecule has 3 aromatic rings. The molecule has 0 amide bonds. The first-order valence-corrected chi connectivity index (χ1v) is 9.62. The van der Waals surface area contributed by atoms with Gasteiger partial charge in [-0.1, -0.05) is 43.5 Å². The van der Waals surface area contributed by atoms with Crippen molar-refractivity contribution >= 4 is 16.8 Å². The third-order valence-corrected chi connectivity index (χ3v) is 4.64. The fourth-order valence-corrected chi connectivity index (χ4v) is 2.97. The van der Waals surface area contributed by atoms with Crippen LogP contribution in [0, 0.1) is 0 Å². The van der Waals surface area contributed by atoms with E-state index < -0.39 is 17.9 Å². The van der Waals surface area contributed by atoms with Crippen molar-refractivity contribution in [2.45, 2.75) is 25.8 Å². The molecule has 166 valence electrons. The molecule has 1 unspecified atom stereocenters. The van der Waals surface area contributed by atoms with Crippen molar-refractivity contribution in [3.63, 3.8) is 0 Å². The van der Waals surface area contributed by atoms with Gasteiger partial charge in [0.1, 0.15) is 24.3 Å². The molecule has 0 spiro atoms. The number of aliphatic hydroxyl groups excluding tert-OH is 1. The van der Waals surface area contributed by atoms with E-state index in [9.17, 15) is 23.1 Å². The Labute approximate surface area is 182 Å². The van der Waals surface area contributed by atoms with E-state index in [0.29, 0.717) is 28.0 Å². The first-order chi connectivity index (χ1) is 15.1. The summed E-state index contributed by atoms with van der Waals surface area (Å²) in [5.74, 6) is 0.107. The summed E-state index contributed by atoms with van der Waals surface area (Å²) in [6.07, 6.45) is -3.75. The van der Waals surface area contributed by atoms with Crippen LogP contribution in [0.3, 0.4) is 0 Å². The van der Waals surface area contributed by atoms with Crippen LogP contribution in [0.15, 0.2) is 79.1 Å². The third kappa shape index (κ3) is 5.33. The Bertz CT molecular complexity index is 1210. The molecule has 1 heterocycles. The highest BCUT2D eigenvalue weighted by Crippen LogP contribution is 2.28. The van der Waals surface area contributed by atoms with Gasteiger partial charge in [0.25, 0.3) is 0 Å². The zero-order valence-corrected chi connectivity index (χ0v) is 17.2. The molecule has 0 aliphatic carbocycles. The van der Waals surface area contributed by atoms with Crippen LogP contribution in [0.25, 0.3) is 22.2 Å². The quantitative estimate of drug-likeness (QED) is 0.275. The van der Waals surface area contributed by atoms with Gasteiger partial charge in [-0.3, -0.25) is 4.79 Å². The van der Waals surface area contributed by atoms with Crippen molar-refractivity contribution in [1.29, 1.82) is 0 Å². The largest absolute Gasteiger partial charge is 0.486 e. The molecule has 3 rings (SSSR count). The number of nitrogens with one attached hydrogen (secondary N) is 1. The van der Waals surface area contributed by atoms with E-state index in [-0.39, 0.29) is 18.1 Å². The smallest absolute Gasteiger partial charge is 0.415 e. The summed E-state index contributed by atoms with van der Waals surface area (Å²) in [6, 6.07) is 12.4. The maximum atomic E-state index is 12.5. The van der Waals surface area contributed by atoms with Gasteiger partial charge < -0.3 is 14.8 Å². The van der Waals surface area contributed by atoms with Crippen LogP contribution in [-0.2, 0) is 11.3 Å². The summed E-state index contributed by atoms with van der Waals surface area (Å²) >= 11 is 0. The number of aromatic nitrogens is 2. The predicted octanol–water partition coefficient (Wildman–Crippen LogP) is 5.50. The van der Waals surface area contributed by atoms with Crippen molar-refractivity contribution in [3.05, 3.63) is 90.5 Å². The van der Waals surface area contributed by atoms with Gasteiger partial charge in [0.2, 0.25) is 0 Å². The SMILES string of the molecule is C=C(/C=C\C(=C)C(F)(F)F)OCc1nc2ccc(-c3ccccc3C(=O)C(C)O)cc2[nH]1. The van der Waals surface area contributed by atoms with Gasteiger partial charge in [0.15, 0.2) is 5.78 Å². The lowest BCUT2D eigenvalue weighted by molar-refractivity contribution is -0.0878. The molecule has 0 saturated carbocycles. The molecule has 8 heteroatoms. The van der Waals surface area contributed by atoms with Crippen LogP contribution in [-0.4, -0.2) is 33.1 Å². The summed E-state index contributed by atoms with van der Waals surface area (Å²) in [6.45, 7) is 7.90. The van der Waals surface area contributed by atoms with Crippen LogP contribution in [0.1, 0.15) is 23.1 Å². The molecule has 0 bridgehead atoms. The highest BCUT2D eigenvalue weighted by atomic mass is 19.4. The summed E-state index contributed by atoms with van der Waals surface area (Å²) in [5.41, 5.74) is 2.18. The molecular weight excluding hydrogens is 421 g/mol. The monoisotopic (exact) mass is 442 g/mol. The number of carbonyl (C=O) groups excluding carboxylic acids is 1. The van der Waals surface area contributed by atoms with Crippen LogP contribution in [0.4, 0.5) is 13.2 Å². The lowest BCUT2D eigenvalue weighted by atomic mass is 9.95. The number of alkyl halides is 3. The van der Waals surface area contributed by atoms with E-state index in [1.165, 1.54) is 6.92 Å². The first-order valence-electron chi connectivity index (χ1n) is 9.62. The van der Waals surface area contributed by atoms with Gasteiger partial charge in [-0.05, 0) is 42.3 Å². The van der Waals surface area contributed by atoms with Gasteiger partial charge in [-0.25, -0.2) is 4.98 Å². The number of carbonyl (C=O) groups is 1. The van der Waals surface area contributed by atoms with E-state index in [1.807, 2.05) is 12.1 Å². The average molecular weight is 442 g/mol. The molecule has 0 aliphatic rings. The minimum atomic E-state index is -4.51. The molecular formula is C24H21F3N2O3. The first kappa shape index (κ1) is 23.0. The van der Waals surface area contributed by atoms with Gasteiger partial charge in [0.05, 0.1) is 11.0 Å². The molecule has 0 aliphatic heterocycles. The van der Waals surface area contributed by atoms with Crippen molar-refractivity contribution in [2.75, 3.05) is 0 Å². The van der Waals surface area contributed by atoms with Crippen molar-refractivity contribution in [1.82, 2.24) is 9.97 Å². The fourth-order valence-electron chi connectivity index (χ4n) is 2.97. The highest BCUT2D eigenvalue weighted by Gasteiger charge is 2.29. The number of benzene rings is 2. The normalized spacial score (nSPS) is 12.8. The number of imidazole rings is 1. The van der Waals surface area contributed by atoms with Crippen molar-refractivity contribution in [2.24, 2.45) is 0 Å². The van der Waals surface area contributed by atoms with Gasteiger partial charge in [-0.15, -0.1) is 0 Å². The molecule has 0 fully saturated rings. The van der Waals surface area contributed by atoms with Crippen LogP contribution >= 0.6 is 0 Å². The Morgan fingerprint density at radius 3 is 2.62 bits per heavy atom. The number of hydrogen-bond donors (Lipinski definition) is 2. The number of aliphatic hydroxyl groups is 1. The molecule has 32 heavy (non-hydrogen) atoms. The zero-order valence-electron chi connectivity index (χ0n) is 17.2. The maximum Gasteiger partial charge on any atom is 0.415 e. The Balaban J connectivity index is 1.77. The van der Waals surface area contributed by atoms with Gasteiger partial charge in [0, 0.05) is 11.1 Å². The molecule has 2 N–H and O–H groups in total. The number of allylic oxidation sites excluding steroid dienone is 3. The lowest BCUT2D eigenvalue weighted by Crippen LogP contribution is -2.16. The molecule has 5 nitrogen and oxygen atoms in total. The van der Waals surface area contributed by atoms with Gasteiger partial charge >= 0.3 is 6.18 Å². The van der Waals surface area contributed by atoms with Crippen molar-refractivity contribution < 1.29 is 27.8 Å². The van der Waals surface area contributed by atoms with Crippen LogP contribution in [0.2, 0.25) is 0 Å². The number of fused-ring (bicyclic) bond motifs is 1. The Hall–Kier alpha value is -3.65. The average Bonchev–Trinajstić information content (AvgIpc) is 3.16. The zero-order chi connectivity index (χ0) is 23.5. The summed E-state index contributed by atoms with van der Waals surface area (Å²) in [7, 11) is 0. The van der Waals surface area contributed by atoms with Crippen molar-refractivity contribution in [3.8, 4) is 11.1 Å². The minimum absolute atomic E-state index is 0.0250. The fraction of sp³-hybridized carbons (Fsp3) is 0.167. The molecule has 0 radical (unpaired) electrons. The Morgan fingerprint density at radius 2 is 1.94 bits per heavy atom. The topological polar surface area (TPSA) is 75.2 Å². The van der Waals surface area contributed by atoms with Crippen LogP contribution < -0.4 is 0 Å². The molecule has 2 aromatic carbocycles. The predicted molar refractivity (Wildman–Crippen MR) is 116 cm³/mol.